The molecule has 3 nitrogen and oxygen atoms in total. The summed E-state index contributed by atoms with van der Waals surface area (Å²) in [5.41, 5.74) is 0.630. The van der Waals surface area contributed by atoms with Crippen LogP contribution in [0.3, 0.4) is 0 Å². The minimum Gasteiger partial charge on any atom is -0.313 e. The molecule has 2 atom stereocenters. The summed E-state index contributed by atoms with van der Waals surface area (Å²) in [7, 11) is 0. The largest absolute Gasteiger partial charge is 0.313 e. The molecule has 2 unspecified atom stereocenters. The average Bonchev–Trinajstić information content (AvgIpc) is 2.40. The first-order chi connectivity index (χ1) is 8.70. The van der Waals surface area contributed by atoms with Crippen molar-refractivity contribution in [2.45, 2.75) is 32.2 Å². The van der Waals surface area contributed by atoms with Crippen LogP contribution in [0.25, 0.3) is 0 Å². The Balaban J connectivity index is 2.19. The fourth-order valence-corrected chi connectivity index (χ4v) is 2.60. The highest BCUT2D eigenvalue weighted by Crippen LogP contribution is 2.20. The van der Waals surface area contributed by atoms with Gasteiger partial charge in [-0.1, -0.05) is 36.8 Å². The van der Waals surface area contributed by atoms with Crippen LogP contribution in [0.1, 0.15) is 36.5 Å². The van der Waals surface area contributed by atoms with Gasteiger partial charge in [-0.3, -0.25) is 9.59 Å². The Hall–Kier alpha value is -1.48. The predicted molar refractivity (Wildman–Crippen MR) is 70.6 cm³/mol. The standard InChI is InChI=1S/C15H19NO2/c1-11(17)14(13-9-5-6-10-16-13)15(18)12-7-3-2-4-8-12/h2-4,7-8,13-14,16H,5-6,9-10H2,1H3. The third-order valence-corrected chi connectivity index (χ3v) is 3.53. The molecule has 1 aliphatic rings. The second kappa shape index (κ2) is 5.91. The van der Waals surface area contributed by atoms with Crippen LogP contribution in [0, 0.1) is 5.92 Å². The SMILES string of the molecule is CC(=O)C(C(=O)c1ccccc1)C1CCCCN1. The minimum atomic E-state index is -0.535. The third-order valence-electron chi connectivity index (χ3n) is 3.53. The van der Waals surface area contributed by atoms with Crippen molar-refractivity contribution in [3.63, 3.8) is 0 Å². The van der Waals surface area contributed by atoms with Crippen LogP contribution in [0.2, 0.25) is 0 Å². The monoisotopic (exact) mass is 245 g/mol. The van der Waals surface area contributed by atoms with Crippen molar-refractivity contribution >= 4 is 11.6 Å². The van der Waals surface area contributed by atoms with Gasteiger partial charge in [-0.25, -0.2) is 0 Å². The van der Waals surface area contributed by atoms with Gasteiger partial charge >= 0.3 is 0 Å². The van der Waals surface area contributed by atoms with Crippen molar-refractivity contribution < 1.29 is 9.59 Å². The molecule has 0 amide bonds. The molecule has 18 heavy (non-hydrogen) atoms. The van der Waals surface area contributed by atoms with Gasteiger partial charge < -0.3 is 5.32 Å². The predicted octanol–water partition coefficient (Wildman–Crippen LogP) is 2.22. The Morgan fingerprint density at radius 3 is 2.50 bits per heavy atom. The molecular weight excluding hydrogens is 226 g/mol. The second-order valence-electron chi connectivity index (χ2n) is 4.87. The summed E-state index contributed by atoms with van der Waals surface area (Å²) in [6, 6.07) is 9.10. The molecule has 1 aromatic carbocycles. The maximum Gasteiger partial charge on any atom is 0.174 e. The van der Waals surface area contributed by atoms with Gasteiger partial charge in [0.25, 0.3) is 0 Å². The first-order valence-electron chi connectivity index (χ1n) is 6.53. The van der Waals surface area contributed by atoms with Crippen molar-refractivity contribution in [1.82, 2.24) is 5.32 Å². The summed E-state index contributed by atoms with van der Waals surface area (Å²) in [5, 5.41) is 3.31. The maximum absolute atomic E-state index is 12.4. The summed E-state index contributed by atoms with van der Waals surface area (Å²) >= 11 is 0. The quantitative estimate of drug-likeness (QED) is 0.653. The van der Waals surface area contributed by atoms with Gasteiger partial charge in [0.2, 0.25) is 0 Å². The average molecular weight is 245 g/mol. The molecule has 96 valence electrons. The van der Waals surface area contributed by atoms with E-state index in [1.807, 2.05) is 18.2 Å². The number of carbonyl (C=O) groups is 2. The van der Waals surface area contributed by atoms with Crippen LogP contribution in [0.4, 0.5) is 0 Å². The van der Waals surface area contributed by atoms with E-state index in [1.54, 1.807) is 12.1 Å². The van der Waals surface area contributed by atoms with Crippen LogP contribution in [-0.4, -0.2) is 24.2 Å². The fraction of sp³-hybridized carbons (Fsp3) is 0.467. The molecule has 0 radical (unpaired) electrons. The fourth-order valence-electron chi connectivity index (χ4n) is 2.60. The lowest BCUT2D eigenvalue weighted by atomic mass is 9.84. The number of nitrogens with one attached hydrogen (secondary N) is 1. The topological polar surface area (TPSA) is 46.2 Å². The number of Topliss-reactive ketones (excluding diaryl/α,β-unsaturated/α-hetero) is 2. The Morgan fingerprint density at radius 1 is 1.22 bits per heavy atom. The Labute approximate surface area is 108 Å². The van der Waals surface area contributed by atoms with Crippen molar-refractivity contribution in [2.24, 2.45) is 5.92 Å². The maximum atomic E-state index is 12.4. The molecule has 0 bridgehead atoms. The van der Waals surface area contributed by atoms with Crippen LogP contribution in [0.5, 0.6) is 0 Å². The highest BCUT2D eigenvalue weighted by Gasteiger charge is 2.33. The number of ketones is 2. The van der Waals surface area contributed by atoms with Gasteiger partial charge in [0.15, 0.2) is 5.78 Å². The van der Waals surface area contributed by atoms with Crippen LogP contribution in [-0.2, 0) is 4.79 Å². The molecule has 0 spiro atoms. The lowest BCUT2D eigenvalue weighted by Gasteiger charge is -2.29. The normalized spacial score (nSPS) is 21.3. The minimum absolute atomic E-state index is 0.00366. The molecule has 0 aliphatic carbocycles. The van der Waals surface area contributed by atoms with E-state index in [2.05, 4.69) is 5.32 Å². The van der Waals surface area contributed by atoms with E-state index in [-0.39, 0.29) is 17.6 Å². The molecular formula is C15H19NO2. The first kappa shape index (κ1) is 13.0. The summed E-state index contributed by atoms with van der Waals surface area (Å²) in [6.45, 7) is 2.41. The lowest BCUT2D eigenvalue weighted by molar-refractivity contribution is -0.120. The van der Waals surface area contributed by atoms with E-state index in [0.717, 1.165) is 25.8 Å². The number of carbonyl (C=O) groups excluding carboxylic acids is 2. The second-order valence-corrected chi connectivity index (χ2v) is 4.87. The van der Waals surface area contributed by atoms with E-state index in [4.69, 9.17) is 0 Å². The summed E-state index contributed by atoms with van der Waals surface area (Å²) < 4.78 is 0. The molecule has 0 aromatic heterocycles. The van der Waals surface area contributed by atoms with E-state index in [1.165, 1.54) is 6.92 Å². The zero-order valence-corrected chi connectivity index (χ0v) is 10.7. The Kier molecular flexibility index (Phi) is 4.26. The zero-order chi connectivity index (χ0) is 13.0. The van der Waals surface area contributed by atoms with E-state index in [9.17, 15) is 9.59 Å². The molecule has 2 rings (SSSR count). The smallest absolute Gasteiger partial charge is 0.174 e. The van der Waals surface area contributed by atoms with E-state index in [0.29, 0.717) is 5.56 Å². The van der Waals surface area contributed by atoms with Crippen LogP contribution < -0.4 is 5.32 Å². The molecule has 0 saturated carbocycles. The molecule has 1 N–H and O–H groups in total. The van der Waals surface area contributed by atoms with Gasteiger partial charge in [-0.05, 0) is 26.3 Å². The molecule has 1 saturated heterocycles. The van der Waals surface area contributed by atoms with Gasteiger partial charge in [0.05, 0.1) is 5.92 Å². The first-order valence-corrected chi connectivity index (χ1v) is 6.53. The highest BCUT2D eigenvalue weighted by molar-refractivity contribution is 6.10. The molecule has 1 aromatic rings. The number of hydrogen-bond acceptors (Lipinski definition) is 3. The molecule has 1 heterocycles. The number of piperidine rings is 1. The Morgan fingerprint density at radius 2 is 1.94 bits per heavy atom. The van der Waals surface area contributed by atoms with Crippen LogP contribution in [0.15, 0.2) is 30.3 Å². The van der Waals surface area contributed by atoms with Crippen LogP contribution >= 0.6 is 0 Å². The summed E-state index contributed by atoms with van der Waals surface area (Å²) in [6.07, 6.45) is 3.12. The number of benzene rings is 1. The van der Waals surface area contributed by atoms with E-state index < -0.39 is 5.92 Å². The van der Waals surface area contributed by atoms with Crippen molar-refractivity contribution in [2.75, 3.05) is 6.54 Å². The number of rotatable bonds is 4. The molecule has 1 fully saturated rings. The van der Waals surface area contributed by atoms with Crippen molar-refractivity contribution in [3.8, 4) is 0 Å². The molecule has 1 aliphatic heterocycles. The Bertz CT molecular complexity index is 421. The van der Waals surface area contributed by atoms with Gasteiger partial charge in [-0.15, -0.1) is 0 Å². The van der Waals surface area contributed by atoms with Gasteiger partial charge in [0.1, 0.15) is 5.78 Å². The summed E-state index contributed by atoms with van der Waals surface area (Å²) in [5.74, 6) is -0.626. The highest BCUT2D eigenvalue weighted by atomic mass is 16.1. The van der Waals surface area contributed by atoms with E-state index >= 15 is 0 Å². The zero-order valence-electron chi connectivity index (χ0n) is 10.7. The van der Waals surface area contributed by atoms with Crippen molar-refractivity contribution in [1.29, 1.82) is 0 Å². The lowest BCUT2D eigenvalue weighted by Crippen LogP contribution is -2.46. The third kappa shape index (κ3) is 2.85. The molecule has 3 heteroatoms. The van der Waals surface area contributed by atoms with Gasteiger partial charge in [-0.2, -0.15) is 0 Å². The number of hydrogen-bond donors (Lipinski definition) is 1. The van der Waals surface area contributed by atoms with Gasteiger partial charge in [0, 0.05) is 11.6 Å². The van der Waals surface area contributed by atoms with Crippen molar-refractivity contribution in [3.05, 3.63) is 35.9 Å². The summed E-state index contributed by atoms with van der Waals surface area (Å²) in [4.78, 5) is 24.2.